The minimum absolute atomic E-state index is 0. The van der Waals surface area contributed by atoms with Crippen molar-refractivity contribution in [2.75, 3.05) is 12.1 Å². The van der Waals surface area contributed by atoms with Gasteiger partial charge < -0.3 is 20.1 Å². The van der Waals surface area contributed by atoms with Crippen LogP contribution in [0.3, 0.4) is 0 Å². The van der Waals surface area contributed by atoms with E-state index in [1.54, 1.807) is 0 Å². The largest absolute Gasteiger partial charge is 0.454 e. The highest BCUT2D eigenvalue weighted by molar-refractivity contribution is 6.02. The lowest BCUT2D eigenvalue weighted by Gasteiger charge is -2.26. The molecule has 182 valence electrons. The third-order valence-electron chi connectivity index (χ3n) is 7.50. The van der Waals surface area contributed by atoms with Gasteiger partial charge in [-0.2, -0.15) is 0 Å². The highest BCUT2D eigenvalue weighted by Crippen LogP contribution is 2.51. The Kier molecular flexibility index (Phi) is 5.24. The lowest BCUT2D eigenvalue weighted by molar-refractivity contribution is -0.118. The summed E-state index contributed by atoms with van der Waals surface area (Å²) in [6.45, 7) is 2.27. The first-order valence-corrected chi connectivity index (χ1v) is 12.3. The predicted molar refractivity (Wildman–Crippen MR) is 138 cm³/mol. The lowest BCUT2D eigenvalue weighted by Crippen LogP contribution is -2.39. The van der Waals surface area contributed by atoms with Gasteiger partial charge in [0.05, 0.1) is 5.41 Å². The summed E-state index contributed by atoms with van der Waals surface area (Å²) >= 11 is 0. The van der Waals surface area contributed by atoms with Gasteiger partial charge in [-0.15, -0.1) is 0 Å². The van der Waals surface area contributed by atoms with Gasteiger partial charge in [0, 0.05) is 20.1 Å². The predicted octanol–water partition coefficient (Wildman–Crippen LogP) is 5.84. The Balaban J connectivity index is 0.00000160. The zero-order chi connectivity index (χ0) is 24.0. The second-order valence-corrected chi connectivity index (χ2v) is 9.81. The molecule has 0 bridgehead atoms. The molecule has 2 aliphatic carbocycles. The van der Waals surface area contributed by atoms with E-state index in [0.29, 0.717) is 17.4 Å². The van der Waals surface area contributed by atoms with Crippen LogP contribution >= 0.6 is 0 Å². The van der Waals surface area contributed by atoms with Crippen molar-refractivity contribution < 1.29 is 21.9 Å². The van der Waals surface area contributed by atoms with E-state index in [1.165, 1.54) is 6.42 Å². The van der Waals surface area contributed by atoms with Gasteiger partial charge in [-0.1, -0.05) is 24.3 Å². The normalized spacial score (nSPS) is 17.4. The summed E-state index contributed by atoms with van der Waals surface area (Å²) < 4.78 is 10.9. The summed E-state index contributed by atoms with van der Waals surface area (Å²) in [5, 5.41) is 6.22. The Morgan fingerprint density at radius 3 is 2.43 bits per heavy atom. The smallest absolute Gasteiger partial charge is 0.251 e. The standard InChI is InChI=1S/C29H28N2O4.2H2/c1-18-5-11-23(16-24(18)19-6-8-20(9-7-19)27(32)30-22-3-2-4-22)31-28(33)29(13-14-29)21-10-12-25-26(15-21)35-17-34-25;;/h5-12,15-16,22H,2-4,13-14,17H2,1H3,(H,30,32)(H,31,33);2*1H. The molecule has 2 N–H and O–H groups in total. The SMILES string of the molecule is Cc1ccc(NC(=O)C2(c3ccc4c(c3)OCO4)CC2)cc1-c1ccc(C(=O)NC2CCC2)cc1.[HH].[HH]. The monoisotopic (exact) mass is 472 g/mol. The fourth-order valence-corrected chi connectivity index (χ4v) is 4.85. The number of nitrogens with one attached hydrogen (secondary N) is 2. The van der Waals surface area contributed by atoms with E-state index in [4.69, 9.17) is 9.47 Å². The van der Waals surface area contributed by atoms with Crippen LogP contribution in [0.5, 0.6) is 11.5 Å². The van der Waals surface area contributed by atoms with Gasteiger partial charge in [-0.05, 0) is 97.7 Å². The van der Waals surface area contributed by atoms with Gasteiger partial charge >= 0.3 is 0 Å². The maximum absolute atomic E-state index is 13.3. The molecule has 6 rings (SSSR count). The van der Waals surface area contributed by atoms with E-state index in [1.807, 2.05) is 67.6 Å². The van der Waals surface area contributed by atoms with Crippen LogP contribution in [-0.4, -0.2) is 24.6 Å². The van der Waals surface area contributed by atoms with Crippen LogP contribution in [0, 0.1) is 6.92 Å². The Hall–Kier alpha value is -3.80. The van der Waals surface area contributed by atoms with Crippen molar-refractivity contribution >= 4 is 17.5 Å². The molecule has 2 saturated carbocycles. The number of hydrogen-bond acceptors (Lipinski definition) is 4. The van der Waals surface area contributed by atoms with Crippen LogP contribution in [-0.2, 0) is 10.2 Å². The van der Waals surface area contributed by atoms with E-state index >= 15 is 0 Å². The number of carbonyl (C=O) groups is 2. The van der Waals surface area contributed by atoms with Crippen LogP contribution in [0.15, 0.2) is 60.7 Å². The summed E-state index contributed by atoms with van der Waals surface area (Å²) in [5.74, 6) is 1.40. The summed E-state index contributed by atoms with van der Waals surface area (Å²) in [4.78, 5) is 25.8. The zero-order valence-electron chi connectivity index (χ0n) is 19.7. The number of anilines is 1. The first-order chi connectivity index (χ1) is 17.0. The zero-order valence-corrected chi connectivity index (χ0v) is 19.7. The van der Waals surface area contributed by atoms with Crippen LogP contribution in [0.1, 0.15) is 56.4 Å². The molecule has 2 amide bonds. The molecule has 0 saturated heterocycles. The van der Waals surface area contributed by atoms with Crippen molar-refractivity contribution in [1.29, 1.82) is 0 Å². The van der Waals surface area contributed by atoms with Crippen molar-refractivity contribution in [3.05, 3.63) is 77.4 Å². The molecule has 3 aromatic carbocycles. The van der Waals surface area contributed by atoms with Crippen molar-refractivity contribution in [1.82, 2.24) is 5.32 Å². The minimum Gasteiger partial charge on any atom is -0.454 e. The lowest BCUT2D eigenvalue weighted by atomic mass is 9.92. The molecule has 3 aliphatic rings. The van der Waals surface area contributed by atoms with Crippen LogP contribution < -0.4 is 20.1 Å². The Bertz CT molecular complexity index is 1320. The average molecular weight is 473 g/mol. The number of fused-ring (bicyclic) bond motifs is 1. The maximum Gasteiger partial charge on any atom is 0.251 e. The average Bonchev–Trinajstić information content (AvgIpc) is 3.53. The van der Waals surface area contributed by atoms with E-state index in [9.17, 15) is 9.59 Å². The summed E-state index contributed by atoms with van der Waals surface area (Å²) in [6, 6.07) is 19.7. The number of carbonyl (C=O) groups excluding carboxylic acids is 2. The van der Waals surface area contributed by atoms with Crippen molar-refractivity contribution in [2.24, 2.45) is 0 Å². The Labute approximate surface area is 207 Å². The molecule has 0 unspecified atom stereocenters. The third kappa shape index (κ3) is 4.03. The summed E-state index contributed by atoms with van der Waals surface area (Å²) in [5.41, 5.74) is 5.00. The van der Waals surface area contributed by atoms with E-state index in [0.717, 1.165) is 59.4 Å². The molecule has 35 heavy (non-hydrogen) atoms. The van der Waals surface area contributed by atoms with E-state index < -0.39 is 5.41 Å². The molecule has 0 radical (unpaired) electrons. The topological polar surface area (TPSA) is 76.7 Å². The number of hydrogen-bond donors (Lipinski definition) is 2. The number of rotatable bonds is 6. The maximum atomic E-state index is 13.3. The summed E-state index contributed by atoms with van der Waals surface area (Å²) in [7, 11) is 0. The van der Waals surface area contributed by atoms with Crippen LogP contribution in [0.2, 0.25) is 0 Å². The van der Waals surface area contributed by atoms with E-state index in [-0.39, 0.29) is 21.5 Å². The fourth-order valence-electron chi connectivity index (χ4n) is 4.85. The molecule has 0 atom stereocenters. The first-order valence-electron chi connectivity index (χ1n) is 12.3. The number of amides is 2. The number of benzene rings is 3. The molecule has 6 heteroatoms. The molecule has 6 nitrogen and oxygen atoms in total. The Morgan fingerprint density at radius 1 is 0.943 bits per heavy atom. The summed E-state index contributed by atoms with van der Waals surface area (Å²) in [6.07, 6.45) is 4.94. The van der Waals surface area contributed by atoms with Gasteiger partial charge in [-0.3, -0.25) is 9.59 Å². The molecule has 0 aromatic heterocycles. The second-order valence-electron chi connectivity index (χ2n) is 9.81. The van der Waals surface area contributed by atoms with E-state index in [2.05, 4.69) is 10.6 Å². The molecular weight excluding hydrogens is 440 g/mol. The number of ether oxygens (including phenoxy) is 2. The first kappa shape index (κ1) is 21.7. The highest BCUT2D eigenvalue weighted by Gasteiger charge is 2.51. The fraction of sp³-hybridized carbons (Fsp3) is 0.310. The van der Waals surface area contributed by atoms with Gasteiger partial charge in [0.15, 0.2) is 11.5 Å². The minimum atomic E-state index is -0.526. The van der Waals surface area contributed by atoms with Crippen molar-refractivity contribution in [2.45, 2.75) is 50.5 Å². The quantitative estimate of drug-likeness (QED) is 0.473. The van der Waals surface area contributed by atoms with Crippen LogP contribution in [0.4, 0.5) is 5.69 Å². The number of aryl methyl sites for hydroxylation is 1. The van der Waals surface area contributed by atoms with Crippen molar-refractivity contribution in [3.63, 3.8) is 0 Å². The third-order valence-corrected chi connectivity index (χ3v) is 7.50. The molecule has 2 fully saturated rings. The van der Waals surface area contributed by atoms with Gasteiger partial charge in [0.1, 0.15) is 0 Å². The van der Waals surface area contributed by atoms with Gasteiger partial charge in [0.2, 0.25) is 12.7 Å². The second kappa shape index (κ2) is 8.45. The molecule has 1 aliphatic heterocycles. The van der Waals surface area contributed by atoms with Gasteiger partial charge in [0.25, 0.3) is 5.91 Å². The van der Waals surface area contributed by atoms with Crippen LogP contribution in [0.25, 0.3) is 11.1 Å². The molecule has 1 heterocycles. The van der Waals surface area contributed by atoms with Gasteiger partial charge in [-0.25, -0.2) is 0 Å². The Morgan fingerprint density at radius 2 is 1.71 bits per heavy atom. The molecule has 0 spiro atoms. The molecular formula is C29H32N2O4. The van der Waals surface area contributed by atoms with Crippen molar-refractivity contribution in [3.8, 4) is 22.6 Å². The highest BCUT2D eigenvalue weighted by atomic mass is 16.7. The molecule has 3 aromatic rings.